The number of rotatable bonds is 2. The van der Waals surface area contributed by atoms with E-state index < -0.39 is 0 Å². The van der Waals surface area contributed by atoms with Crippen LogP contribution in [0.4, 0.5) is 0 Å². The maximum Gasteiger partial charge on any atom is 0.224 e. The molecule has 0 aromatic heterocycles. The van der Waals surface area contributed by atoms with Crippen molar-refractivity contribution in [3.05, 3.63) is 0 Å². The Labute approximate surface area is 97.8 Å². The molecule has 2 rings (SSSR count). The lowest BCUT2D eigenvalue weighted by molar-refractivity contribution is -0.126. The molecule has 1 amide bonds. The third-order valence-electron chi connectivity index (χ3n) is 3.83. The standard InChI is InChI=1S/C12H23N3O/c1-9-6-13-7-11(9)12(16)14-10-4-3-5-15(2)8-10/h9-11,13H,3-8H2,1-2H3,(H,14,16). The number of nitrogens with zero attached hydrogens (tertiary/aromatic N) is 1. The van der Waals surface area contributed by atoms with Gasteiger partial charge in [0.15, 0.2) is 0 Å². The lowest BCUT2D eigenvalue weighted by Gasteiger charge is -2.31. The van der Waals surface area contributed by atoms with Crippen molar-refractivity contribution in [1.82, 2.24) is 15.5 Å². The van der Waals surface area contributed by atoms with Crippen LogP contribution >= 0.6 is 0 Å². The van der Waals surface area contributed by atoms with E-state index in [2.05, 4.69) is 29.5 Å². The van der Waals surface area contributed by atoms with E-state index in [0.717, 1.165) is 32.6 Å². The molecule has 0 aliphatic carbocycles. The molecule has 16 heavy (non-hydrogen) atoms. The topological polar surface area (TPSA) is 44.4 Å². The summed E-state index contributed by atoms with van der Waals surface area (Å²) >= 11 is 0. The largest absolute Gasteiger partial charge is 0.352 e. The predicted molar refractivity (Wildman–Crippen MR) is 64.2 cm³/mol. The van der Waals surface area contributed by atoms with Crippen LogP contribution in [0.5, 0.6) is 0 Å². The van der Waals surface area contributed by atoms with Crippen LogP contribution in [0.2, 0.25) is 0 Å². The molecule has 2 saturated heterocycles. The van der Waals surface area contributed by atoms with Gasteiger partial charge in [0.1, 0.15) is 0 Å². The van der Waals surface area contributed by atoms with Crippen molar-refractivity contribution in [2.24, 2.45) is 11.8 Å². The Morgan fingerprint density at radius 3 is 2.88 bits per heavy atom. The molecule has 3 unspecified atom stereocenters. The monoisotopic (exact) mass is 225 g/mol. The summed E-state index contributed by atoms with van der Waals surface area (Å²) in [5.74, 6) is 0.895. The van der Waals surface area contributed by atoms with E-state index in [0.29, 0.717) is 12.0 Å². The summed E-state index contributed by atoms with van der Waals surface area (Å²) in [6.45, 7) is 6.13. The minimum absolute atomic E-state index is 0.173. The first-order chi connectivity index (χ1) is 7.66. The lowest BCUT2D eigenvalue weighted by Crippen LogP contribution is -2.48. The van der Waals surface area contributed by atoms with E-state index >= 15 is 0 Å². The predicted octanol–water partition coefficient (Wildman–Crippen LogP) is 0.0523. The Balaban J connectivity index is 1.82. The van der Waals surface area contributed by atoms with Crippen molar-refractivity contribution in [2.75, 3.05) is 33.2 Å². The van der Waals surface area contributed by atoms with E-state index in [1.165, 1.54) is 6.42 Å². The zero-order chi connectivity index (χ0) is 11.5. The second kappa shape index (κ2) is 5.15. The highest BCUT2D eigenvalue weighted by atomic mass is 16.2. The quantitative estimate of drug-likeness (QED) is 0.698. The summed E-state index contributed by atoms with van der Waals surface area (Å²) in [5, 5.41) is 6.48. The van der Waals surface area contributed by atoms with Crippen LogP contribution in [-0.4, -0.2) is 50.1 Å². The molecule has 0 aromatic carbocycles. The summed E-state index contributed by atoms with van der Waals surface area (Å²) in [7, 11) is 2.12. The van der Waals surface area contributed by atoms with Crippen LogP contribution in [0.25, 0.3) is 0 Å². The fraction of sp³-hybridized carbons (Fsp3) is 0.917. The second-order valence-electron chi connectivity index (χ2n) is 5.35. The smallest absolute Gasteiger partial charge is 0.224 e. The number of carbonyl (C=O) groups is 1. The number of piperidine rings is 1. The van der Waals surface area contributed by atoms with Crippen molar-refractivity contribution in [3.63, 3.8) is 0 Å². The first kappa shape index (κ1) is 11.9. The van der Waals surface area contributed by atoms with E-state index in [1.807, 2.05) is 0 Å². The molecule has 0 saturated carbocycles. The fourth-order valence-corrected chi connectivity index (χ4v) is 2.75. The Morgan fingerprint density at radius 1 is 1.44 bits per heavy atom. The number of hydrogen-bond donors (Lipinski definition) is 2. The van der Waals surface area contributed by atoms with Crippen LogP contribution < -0.4 is 10.6 Å². The van der Waals surface area contributed by atoms with E-state index in [4.69, 9.17) is 0 Å². The van der Waals surface area contributed by atoms with Gasteiger partial charge in [-0.15, -0.1) is 0 Å². The average Bonchev–Trinajstić information content (AvgIpc) is 2.64. The van der Waals surface area contributed by atoms with Gasteiger partial charge < -0.3 is 15.5 Å². The molecule has 2 fully saturated rings. The molecule has 0 aromatic rings. The van der Waals surface area contributed by atoms with Crippen molar-refractivity contribution in [3.8, 4) is 0 Å². The van der Waals surface area contributed by atoms with E-state index in [-0.39, 0.29) is 11.8 Å². The number of likely N-dealkylation sites (N-methyl/N-ethyl adjacent to an activating group) is 1. The maximum atomic E-state index is 12.1. The van der Waals surface area contributed by atoms with Gasteiger partial charge in [-0.25, -0.2) is 0 Å². The first-order valence-electron chi connectivity index (χ1n) is 6.36. The summed E-state index contributed by atoms with van der Waals surface area (Å²) in [6, 6.07) is 0.360. The number of hydrogen-bond acceptors (Lipinski definition) is 3. The van der Waals surface area contributed by atoms with E-state index in [1.54, 1.807) is 0 Å². The van der Waals surface area contributed by atoms with Gasteiger partial charge in [0.25, 0.3) is 0 Å². The van der Waals surface area contributed by atoms with Crippen LogP contribution in [0.1, 0.15) is 19.8 Å². The van der Waals surface area contributed by atoms with Gasteiger partial charge in [-0.1, -0.05) is 6.92 Å². The van der Waals surface area contributed by atoms with Gasteiger partial charge in [-0.3, -0.25) is 4.79 Å². The molecule has 2 N–H and O–H groups in total. The molecule has 2 heterocycles. The number of carbonyl (C=O) groups excluding carboxylic acids is 1. The molecular formula is C12H23N3O. The molecule has 4 heteroatoms. The number of amides is 1. The van der Waals surface area contributed by atoms with Crippen LogP contribution in [0.15, 0.2) is 0 Å². The summed E-state index contributed by atoms with van der Waals surface area (Å²) in [5.41, 5.74) is 0. The van der Waals surface area contributed by atoms with Crippen LogP contribution in [0, 0.1) is 11.8 Å². The van der Waals surface area contributed by atoms with Gasteiger partial charge in [0.05, 0.1) is 5.92 Å². The summed E-state index contributed by atoms with van der Waals surface area (Å²) in [6.07, 6.45) is 2.32. The Bertz CT molecular complexity index is 257. The van der Waals surface area contributed by atoms with Gasteiger partial charge in [-0.05, 0) is 38.9 Å². The van der Waals surface area contributed by atoms with Crippen molar-refractivity contribution in [1.29, 1.82) is 0 Å². The average molecular weight is 225 g/mol. The molecule has 0 radical (unpaired) electrons. The highest BCUT2D eigenvalue weighted by Gasteiger charge is 2.31. The van der Waals surface area contributed by atoms with Crippen molar-refractivity contribution >= 4 is 5.91 Å². The third kappa shape index (κ3) is 2.74. The normalized spacial score (nSPS) is 36.2. The second-order valence-corrected chi connectivity index (χ2v) is 5.35. The summed E-state index contributed by atoms with van der Waals surface area (Å²) in [4.78, 5) is 14.4. The highest BCUT2D eigenvalue weighted by Crippen LogP contribution is 2.17. The SMILES string of the molecule is CC1CNCC1C(=O)NC1CCCN(C)C1. The molecular weight excluding hydrogens is 202 g/mol. The Morgan fingerprint density at radius 2 is 2.25 bits per heavy atom. The molecule has 2 aliphatic heterocycles. The molecule has 92 valence electrons. The molecule has 2 aliphatic rings. The van der Waals surface area contributed by atoms with Gasteiger partial charge in [0.2, 0.25) is 5.91 Å². The van der Waals surface area contributed by atoms with Crippen LogP contribution in [-0.2, 0) is 4.79 Å². The van der Waals surface area contributed by atoms with E-state index in [9.17, 15) is 4.79 Å². The maximum absolute atomic E-state index is 12.1. The highest BCUT2D eigenvalue weighted by molar-refractivity contribution is 5.79. The van der Waals surface area contributed by atoms with Gasteiger partial charge in [0, 0.05) is 19.1 Å². The minimum Gasteiger partial charge on any atom is -0.352 e. The van der Waals surface area contributed by atoms with Crippen molar-refractivity contribution in [2.45, 2.75) is 25.8 Å². The number of nitrogens with one attached hydrogen (secondary N) is 2. The summed E-state index contributed by atoms with van der Waals surface area (Å²) < 4.78 is 0. The Hall–Kier alpha value is -0.610. The van der Waals surface area contributed by atoms with Gasteiger partial charge in [-0.2, -0.15) is 0 Å². The first-order valence-corrected chi connectivity index (χ1v) is 6.36. The molecule has 0 bridgehead atoms. The minimum atomic E-state index is 0.173. The molecule has 4 nitrogen and oxygen atoms in total. The third-order valence-corrected chi connectivity index (χ3v) is 3.83. The molecule has 3 atom stereocenters. The van der Waals surface area contributed by atoms with Crippen LogP contribution in [0.3, 0.4) is 0 Å². The van der Waals surface area contributed by atoms with Crippen molar-refractivity contribution < 1.29 is 4.79 Å². The lowest BCUT2D eigenvalue weighted by atomic mass is 9.96. The molecule has 0 spiro atoms. The number of likely N-dealkylation sites (tertiary alicyclic amines) is 1. The fourth-order valence-electron chi connectivity index (χ4n) is 2.75. The van der Waals surface area contributed by atoms with Gasteiger partial charge >= 0.3 is 0 Å². The zero-order valence-electron chi connectivity index (χ0n) is 10.3. The zero-order valence-corrected chi connectivity index (χ0v) is 10.3. The Kier molecular flexibility index (Phi) is 3.82.